The maximum atomic E-state index is 4.31. The van der Waals surface area contributed by atoms with Crippen LogP contribution >= 0.6 is 24.8 Å². The van der Waals surface area contributed by atoms with Crippen molar-refractivity contribution in [2.75, 3.05) is 26.2 Å². The van der Waals surface area contributed by atoms with Crippen molar-refractivity contribution in [2.24, 2.45) is 7.05 Å². The molecule has 0 aromatic carbocycles. The topological polar surface area (TPSA) is 33.1 Å². The van der Waals surface area contributed by atoms with Crippen LogP contribution in [0.5, 0.6) is 0 Å². The summed E-state index contributed by atoms with van der Waals surface area (Å²) >= 11 is 0. The second kappa shape index (κ2) is 10.8. The van der Waals surface area contributed by atoms with Gasteiger partial charge in [0.1, 0.15) is 0 Å². The van der Waals surface area contributed by atoms with Crippen LogP contribution in [0.3, 0.4) is 0 Å². The van der Waals surface area contributed by atoms with Gasteiger partial charge in [-0.05, 0) is 19.2 Å². The average molecular weight is 283 g/mol. The van der Waals surface area contributed by atoms with Crippen LogP contribution in [0.2, 0.25) is 0 Å². The zero-order chi connectivity index (χ0) is 11.1. The molecule has 1 N–H and O–H groups in total. The molecule has 0 aliphatic heterocycles. The quantitative estimate of drug-likeness (QED) is 0.773. The largest absolute Gasteiger partial charge is 0.310 e. The van der Waals surface area contributed by atoms with E-state index in [1.54, 1.807) is 0 Å². The lowest BCUT2D eigenvalue weighted by Crippen LogP contribution is -2.31. The second-order valence-electron chi connectivity index (χ2n) is 3.68. The molecule has 0 aliphatic carbocycles. The molecule has 0 saturated carbocycles. The number of nitrogens with one attached hydrogen (secondary N) is 1. The van der Waals surface area contributed by atoms with E-state index in [0.29, 0.717) is 0 Å². The third-order valence-electron chi connectivity index (χ3n) is 2.57. The zero-order valence-electron chi connectivity index (χ0n) is 10.8. The van der Waals surface area contributed by atoms with Crippen LogP contribution in [0.25, 0.3) is 0 Å². The first-order valence-corrected chi connectivity index (χ1v) is 5.67. The Morgan fingerprint density at radius 3 is 2.41 bits per heavy atom. The third-order valence-corrected chi connectivity index (χ3v) is 2.57. The standard InChI is InChI=1S/C11H22N4.2ClH/c1-4-15(5-2)9-7-12-10-11-6-8-14(3)13-11;;/h6,8,12H,4-5,7,9-10H2,1-3H3;2*1H. The normalized spacial score (nSPS) is 9.88. The molecule has 102 valence electrons. The zero-order valence-corrected chi connectivity index (χ0v) is 12.5. The fraction of sp³-hybridized carbons (Fsp3) is 0.727. The lowest BCUT2D eigenvalue weighted by molar-refractivity contribution is 0.302. The summed E-state index contributed by atoms with van der Waals surface area (Å²) in [6, 6.07) is 2.05. The monoisotopic (exact) mass is 282 g/mol. The molecule has 0 bridgehead atoms. The van der Waals surface area contributed by atoms with Crippen LogP contribution in [0, 0.1) is 0 Å². The van der Waals surface area contributed by atoms with Crippen LogP contribution in [-0.4, -0.2) is 40.9 Å². The van der Waals surface area contributed by atoms with E-state index >= 15 is 0 Å². The first-order chi connectivity index (χ1) is 7.26. The number of rotatable bonds is 7. The van der Waals surface area contributed by atoms with Gasteiger partial charge in [0.15, 0.2) is 0 Å². The number of hydrogen-bond acceptors (Lipinski definition) is 3. The van der Waals surface area contributed by atoms with E-state index in [9.17, 15) is 0 Å². The van der Waals surface area contributed by atoms with Gasteiger partial charge in [0.2, 0.25) is 0 Å². The molecule has 0 amide bonds. The molecule has 0 atom stereocenters. The average Bonchev–Trinajstić information content (AvgIpc) is 2.65. The SMILES string of the molecule is CCN(CC)CCNCc1ccn(C)n1.Cl.Cl. The lowest BCUT2D eigenvalue weighted by Gasteiger charge is -2.17. The van der Waals surface area contributed by atoms with E-state index in [0.717, 1.165) is 38.4 Å². The van der Waals surface area contributed by atoms with E-state index in [-0.39, 0.29) is 24.8 Å². The molecular formula is C11H24Cl2N4. The molecule has 0 radical (unpaired) electrons. The van der Waals surface area contributed by atoms with Gasteiger partial charge in [-0.25, -0.2) is 0 Å². The molecule has 1 heterocycles. The van der Waals surface area contributed by atoms with Crippen molar-refractivity contribution in [1.29, 1.82) is 0 Å². The third kappa shape index (κ3) is 7.60. The highest BCUT2D eigenvalue weighted by molar-refractivity contribution is 5.85. The van der Waals surface area contributed by atoms with Crippen molar-refractivity contribution in [3.63, 3.8) is 0 Å². The van der Waals surface area contributed by atoms with Gasteiger partial charge < -0.3 is 10.2 Å². The predicted molar refractivity (Wildman–Crippen MR) is 77.2 cm³/mol. The van der Waals surface area contributed by atoms with Gasteiger partial charge in [-0.1, -0.05) is 13.8 Å². The summed E-state index contributed by atoms with van der Waals surface area (Å²) in [6.45, 7) is 9.65. The summed E-state index contributed by atoms with van der Waals surface area (Å²) < 4.78 is 1.83. The van der Waals surface area contributed by atoms with Gasteiger partial charge in [-0.15, -0.1) is 24.8 Å². The Hall–Kier alpha value is -0.290. The smallest absolute Gasteiger partial charge is 0.0762 e. The number of halogens is 2. The summed E-state index contributed by atoms with van der Waals surface area (Å²) in [5, 5.41) is 7.70. The minimum Gasteiger partial charge on any atom is -0.310 e. The summed E-state index contributed by atoms with van der Waals surface area (Å²) in [4.78, 5) is 2.41. The number of likely N-dealkylation sites (N-methyl/N-ethyl adjacent to an activating group) is 1. The van der Waals surface area contributed by atoms with Crippen LogP contribution in [0.15, 0.2) is 12.3 Å². The lowest BCUT2D eigenvalue weighted by atomic mass is 10.4. The molecule has 0 aliphatic rings. The van der Waals surface area contributed by atoms with Gasteiger partial charge in [-0.3, -0.25) is 4.68 Å². The van der Waals surface area contributed by atoms with E-state index in [4.69, 9.17) is 0 Å². The van der Waals surface area contributed by atoms with Crippen LogP contribution in [0.4, 0.5) is 0 Å². The molecular weight excluding hydrogens is 259 g/mol. The molecule has 1 rings (SSSR count). The molecule has 4 nitrogen and oxygen atoms in total. The van der Waals surface area contributed by atoms with Gasteiger partial charge in [-0.2, -0.15) is 5.10 Å². The van der Waals surface area contributed by atoms with Gasteiger partial charge >= 0.3 is 0 Å². The van der Waals surface area contributed by atoms with Crippen molar-refractivity contribution >= 4 is 24.8 Å². The maximum absolute atomic E-state index is 4.31. The van der Waals surface area contributed by atoms with Crippen LogP contribution in [0.1, 0.15) is 19.5 Å². The van der Waals surface area contributed by atoms with Crippen LogP contribution < -0.4 is 5.32 Å². The van der Waals surface area contributed by atoms with Crippen LogP contribution in [-0.2, 0) is 13.6 Å². The molecule has 0 saturated heterocycles. The first-order valence-electron chi connectivity index (χ1n) is 5.67. The van der Waals surface area contributed by atoms with E-state index in [1.807, 2.05) is 24.0 Å². The Balaban J connectivity index is 0. The van der Waals surface area contributed by atoms with Crippen molar-refractivity contribution in [2.45, 2.75) is 20.4 Å². The highest BCUT2D eigenvalue weighted by atomic mass is 35.5. The summed E-state index contributed by atoms with van der Waals surface area (Å²) in [7, 11) is 1.94. The fourth-order valence-corrected chi connectivity index (χ4v) is 1.55. The number of aryl methyl sites for hydroxylation is 1. The predicted octanol–water partition coefficient (Wildman–Crippen LogP) is 1.70. The summed E-state index contributed by atoms with van der Waals surface area (Å²) in [6.07, 6.45) is 1.97. The van der Waals surface area contributed by atoms with Crippen molar-refractivity contribution in [1.82, 2.24) is 20.0 Å². The minimum absolute atomic E-state index is 0. The molecule has 0 unspecified atom stereocenters. The Morgan fingerprint density at radius 2 is 1.94 bits per heavy atom. The second-order valence-corrected chi connectivity index (χ2v) is 3.68. The van der Waals surface area contributed by atoms with E-state index < -0.39 is 0 Å². The van der Waals surface area contributed by atoms with Crippen molar-refractivity contribution < 1.29 is 0 Å². The highest BCUT2D eigenvalue weighted by Gasteiger charge is 1.99. The van der Waals surface area contributed by atoms with Gasteiger partial charge in [0.05, 0.1) is 5.69 Å². The van der Waals surface area contributed by atoms with Crippen molar-refractivity contribution in [3.8, 4) is 0 Å². The number of hydrogen-bond donors (Lipinski definition) is 1. The molecule has 1 aromatic rings. The first kappa shape index (κ1) is 19.1. The number of aromatic nitrogens is 2. The summed E-state index contributed by atoms with van der Waals surface area (Å²) in [5.41, 5.74) is 1.11. The molecule has 1 aromatic heterocycles. The Kier molecular flexibility index (Phi) is 12.2. The highest BCUT2D eigenvalue weighted by Crippen LogP contribution is 1.92. The Bertz CT molecular complexity index is 274. The molecule has 6 heteroatoms. The van der Waals surface area contributed by atoms with E-state index in [2.05, 4.69) is 29.2 Å². The van der Waals surface area contributed by atoms with Crippen molar-refractivity contribution in [3.05, 3.63) is 18.0 Å². The minimum atomic E-state index is 0. The molecule has 0 spiro atoms. The molecule has 17 heavy (non-hydrogen) atoms. The number of nitrogens with zero attached hydrogens (tertiary/aromatic N) is 3. The van der Waals surface area contributed by atoms with Gasteiger partial charge in [0, 0.05) is 32.9 Å². The fourth-order valence-electron chi connectivity index (χ4n) is 1.55. The Morgan fingerprint density at radius 1 is 1.29 bits per heavy atom. The Labute approximate surface area is 117 Å². The summed E-state index contributed by atoms with van der Waals surface area (Å²) in [5.74, 6) is 0. The maximum Gasteiger partial charge on any atom is 0.0762 e. The van der Waals surface area contributed by atoms with Gasteiger partial charge in [0.25, 0.3) is 0 Å². The molecule has 0 fully saturated rings. The van der Waals surface area contributed by atoms with E-state index in [1.165, 1.54) is 0 Å².